The molecule has 0 bridgehead atoms. The summed E-state index contributed by atoms with van der Waals surface area (Å²) in [4.78, 5) is 14.4. The van der Waals surface area contributed by atoms with E-state index < -0.39 is 10.0 Å². The number of ketones is 1. The van der Waals surface area contributed by atoms with Gasteiger partial charge in [-0.15, -0.1) is 0 Å². The Bertz CT molecular complexity index is 647. The van der Waals surface area contributed by atoms with Gasteiger partial charge >= 0.3 is 0 Å². The van der Waals surface area contributed by atoms with E-state index in [1.807, 2.05) is 36.9 Å². The van der Waals surface area contributed by atoms with Crippen molar-refractivity contribution in [3.63, 3.8) is 0 Å². The van der Waals surface area contributed by atoms with Crippen molar-refractivity contribution in [3.05, 3.63) is 34.9 Å². The molecule has 0 radical (unpaired) electrons. The topological polar surface area (TPSA) is 57.7 Å². The van der Waals surface area contributed by atoms with Crippen LogP contribution in [0.1, 0.15) is 28.4 Å². The molecule has 0 N–H and O–H groups in total. The number of piperazine rings is 1. The molecule has 1 aliphatic heterocycles. The average Bonchev–Trinajstić information content (AvgIpc) is 2.47. The average molecular weight is 324 g/mol. The SMILES string of the molecule is CCS(=O)(=O)N1CCN(CC(=O)c2ccc(C)cc2C)CC1. The highest BCUT2D eigenvalue weighted by molar-refractivity contribution is 7.89. The second-order valence-corrected chi connectivity index (χ2v) is 8.07. The first kappa shape index (κ1) is 17.1. The van der Waals surface area contributed by atoms with Crippen molar-refractivity contribution in [3.8, 4) is 0 Å². The van der Waals surface area contributed by atoms with E-state index in [2.05, 4.69) is 0 Å². The van der Waals surface area contributed by atoms with Gasteiger partial charge < -0.3 is 0 Å². The van der Waals surface area contributed by atoms with Gasteiger partial charge in [0.05, 0.1) is 12.3 Å². The van der Waals surface area contributed by atoms with Crippen molar-refractivity contribution in [1.82, 2.24) is 9.21 Å². The van der Waals surface area contributed by atoms with Crippen molar-refractivity contribution >= 4 is 15.8 Å². The quantitative estimate of drug-likeness (QED) is 0.769. The number of hydrogen-bond donors (Lipinski definition) is 0. The Labute approximate surface area is 133 Å². The molecule has 22 heavy (non-hydrogen) atoms. The molecule has 1 saturated heterocycles. The van der Waals surface area contributed by atoms with Crippen LogP contribution in [0.3, 0.4) is 0 Å². The Balaban J connectivity index is 1.95. The summed E-state index contributed by atoms with van der Waals surface area (Å²) >= 11 is 0. The molecule has 1 aromatic carbocycles. The lowest BCUT2D eigenvalue weighted by atomic mass is 10.0. The smallest absolute Gasteiger partial charge is 0.213 e. The zero-order chi connectivity index (χ0) is 16.3. The Kier molecular flexibility index (Phi) is 5.36. The lowest BCUT2D eigenvalue weighted by Crippen LogP contribution is -2.50. The zero-order valence-electron chi connectivity index (χ0n) is 13.5. The molecule has 1 fully saturated rings. The minimum absolute atomic E-state index is 0.101. The van der Waals surface area contributed by atoms with E-state index >= 15 is 0 Å². The number of benzene rings is 1. The third-order valence-corrected chi connectivity index (χ3v) is 6.02. The van der Waals surface area contributed by atoms with Gasteiger partial charge in [-0.2, -0.15) is 4.31 Å². The fourth-order valence-electron chi connectivity index (χ4n) is 2.76. The van der Waals surface area contributed by atoms with Gasteiger partial charge in [0.1, 0.15) is 0 Å². The van der Waals surface area contributed by atoms with Crippen LogP contribution in [0.2, 0.25) is 0 Å². The van der Waals surface area contributed by atoms with Crippen LogP contribution in [0.25, 0.3) is 0 Å². The van der Waals surface area contributed by atoms with E-state index in [4.69, 9.17) is 0 Å². The van der Waals surface area contributed by atoms with Gasteiger partial charge in [0.2, 0.25) is 10.0 Å². The van der Waals surface area contributed by atoms with Crippen LogP contribution in [-0.4, -0.2) is 61.9 Å². The molecule has 0 aromatic heterocycles. The van der Waals surface area contributed by atoms with Crippen LogP contribution in [0.15, 0.2) is 18.2 Å². The summed E-state index contributed by atoms with van der Waals surface area (Å²) in [6.45, 7) is 8.12. The van der Waals surface area contributed by atoms with Gasteiger partial charge in [0.15, 0.2) is 5.78 Å². The van der Waals surface area contributed by atoms with E-state index in [1.54, 1.807) is 6.92 Å². The monoisotopic (exact) mass is 324 g/mol. The molecule has 1 aliphatic rings. The van der Waals surface area contributed by atoms with E-state index in [9.17, 15) is 13.2 Å². The molecule has 0 spiro atoms. The first-order chi connectivity index (χ1) is 10.3. The molecule has 0 atom stereocenters. The molecule has 0 saturated carbocycles. The highest BCUT2D eigenvalue weighted by atomic mass is 32.2. The normalized spacial score (nSPS) is 17.6. The van der Waals surface area contributed by atoms with Gasteiger partial charge in [-0.3, -0.25) is 9.69 Å². The molecule has 1 heterocycles. The molecule has 6 heteroatoms. The molecule has 122 valence electrons. The van der Waals surface area contributed by atoms with Crippen molar-refractivity contribution < 1.29 is 13.2 Å². The Hall–Kier alpha value is -1.24. The van der Waals surface area contributed by atoms with Crippen molar-refractivity contribution in [1.29, 1.82) is 0 Å². The molecule has 1 aromatic rings. The molecule has 0 amide bonds. The summed E-state index contributed by atoms with van der Waals surface area (Å²) in [5, 5.41) is 0. The van der Waals surface area contributed by atoms with Gasteiger partial charge in [-0.25, -0.2) is 8.42 Å². The Morgan fingerprint density at radius 3 is 2.32 bits per heavy atom. The fraction of sp³-hybridized carbons (Fsp3) is 0.562. The lowest BCUT2D eigenvalue weighted by molar-refractivity contribution is 0.0901. The minimum Gasteiger partial charge on any atom is -0.293 e. The number of aryl methyl sites for hydroxylation is 2. The lowest BCUT2D eigenvalue weighted by Gasteiger charge is -2.33. The van der Waals surface area contributed by atoms with E-state index in [1.165, 1.54) is 4.31 Å². The third kappa shape index (κ3) is 3.94. The first-order valence-electron chi connectivity index (χ1n) is 7.64. The Morgan fingerprint density at radius 2 is 1.77 bits per heavy atom. The molecule has 2 rings (SSSR count). The summed E-state index contributed by atoms with van der Waals surface area (Å²) in [6, 6.07) is 5.84. The Morgan fingerprint density at radius 1 is 1.14 bits per heavy atom. The maximum absolute atomic E-state index is 12.4. The predicted molar refractivity (Wildman–Crippen MR) is 87.7 cm³/mol. The van der Waals surface area contributed by atoms with Gasteiger partial charge in [0.25, 0.3) is 0 Å². The minimum atomic E-state index is -3.12. The van der Waals surface area contributed by atoms with E-state index in [0.29, 0.717) is 32.7 Å². The van der Waals surface area contributed by atoms with Crippen molar-refractivity contribution in [2.24, 2.45) is 0 Å². The van der Waals surface area contributed by atoms with Crippen molar-refractivity contribution in [2.75, 3.05) is 38.5 Å². The highest BCUT2D eigenvalue weighted by Crippen LogP contribution is 2.13. The van der Waals surface area contributed by atoms with Crippen LogP contribution in [0.4, 0.5) is 0 Å². The summed E-state index contributed by atoms with van der Waals surface area (Å²) in [6.07, 6.45) is 0. The molecule has 5 nitrogen and oxygen atoms in total. The summed E-state index contributed by atoms with van der Waals surface area (Å²) < 4.78 is 25.2. The number of nitrogens with zero attached hydrogens (tertiary/aromatic N) is 2. The third-order valence-electron chi connectivity index (χ3n) is 4.14. The molecule has 0 aliphatic carbocycles. The number of sulfonamides is 1. The molecule has 0 unspecified atom stereocenters. The van der Waals surface area contributed by atoms with Gasteiger partial charge in [0, 0.05) is 31.7 Å². The number of hydrogen-bond acceptors (Lipinski definition) is 4. The van der Waals surface area contributed by atoms with Crippen LogP contribution in [-0.2, 0) is 10.0 Å². The van der Waals surface area contributed by atoms with Gasteiger partial charge in [-0.1, -0.05) is 23.8 Å². The second kappa shape index (κ2) is 6.89. The first-order valence-corrected chi connectivity index (χ1v) is 9.25. The van der Waals surface area contributed by atoms with Crippen LogP contribution in [0.5, 0.6) is 0 Å². The number of carbonyl (C=O) groups is 1. The number of Topliss-reactive ketones (excluding diaryl/α,β-unsaturated/α-hetero) is 1. The van der Waals surface area contributed by atoms with Gasteiger partial charge in [-0.05, 0) is 26.3 Å². The molecular formula is C16H24N2O3S. The van der Waals surface area contributed by atoms with E-state index in [-0.39, 0.29) is 11.5 Å². The zero-order valence-corrected chi connectivity index (χ0v) is 14.3. The number of carbonyl (C=O) groups excluding carboxylic acids is 1. The largest absolute Gasteiger partial charge is 0.293 e. The van der Waals surface area contributed by atoms with Crippen LogP contribution < -0.4 is 0 Å². The van der Waals surface area contributed by atoms with E-state index in [0.717, 1.165) is 16.7 Å². The molecular weight excluding hydrogens is 300 g/mol. The summed E-state index contributed by atoms with van der Waals surface area (Å²) in [7, 11) is -3.12. The maximum atomic E-state index is 12.4. The number of rotatable bonds is 5. The van der Waals surface area contributed by atoms with Crippen molar-refractivity contribution in [2.45, 2.75) is 20.8 Å². The predicted octanol–water partition coefficient (Wildman–Crippen LogP) is 1.45. The fourth-order valence-corrected chi connectivity index (χ4v) is 3.85. The van der Waals surface area contributed by atoms with Crippen LogP contribution in [0, 0.1) is 13.8 Å². The maximum Gasteiger partial charge on any atom is 0.213 e. The summed E-state index contributed by atoms with van der Waals surface area (Å²) in [5.74, 6) is 0.235. The second-order valence-electron chi connectivity index (χ2n) is 5.82. The standard InChI is InChI=1S/C16H24N2O3S/c1-4-22(20,21)18-9-7-17(8-10-18)12-16(19)15-6-5-13(2)11-14(15)3/h5-6,11H,4,7-10,12H2,1-3H3. The van der Waals surface area contributed by atoms with Crippen LogP contribution >= 0.6 is 0 Å². The summed E-state index contributed by atoms with van der Waals surface area (Å²) in [5.41, 5.74) is 2.90. The highest BCUT2D eigenvalue weighted by Gasteiger charge is 2.26.